The van der Waals surface area contributed by atoms with Crippen LogP contribution in [0.2, 0.25) is 5.02 Å². The monoisotopic (exact) mass is 320 g/mol. The average Bonchev–Trinajstić information content (AvgIpc) is 2.37. The molecule has 0 saturated heterocycles. The second kappa shape index (κ2) is 6.92. The van der Waals surface area contributed by atoms with Crippen LogP contribution in [0.25, 0.3) is 0 Å². The highest BCUT2D eigenvalue weighted by atomic mass is 35.5. The number of carboxylic acid groups (broad SMARTS) is 1. The molecule has 0 bridgehead atoms. The van der Waals surface area contributed by atoms with E-state index in [1.807, 2.05) is 6.92 Å². The van der Waals surface area contributed by atoms with E-state index in [-0.39, 0.29) is 16.3 Å². The van der Waals surface area contributed by atoms with E-state index in [1.54, 1.807) is 0 Å². The fourth-order valence-corrected chi connectivity index (χ4v) is 2.65. The molecular weight excluding hydrogens is 304 g/mol. The predicted octanol–water partition coefficient (Wildman–Crippen LogP) is 2.43. The van der Waals surface area contributed by atoms with Gasteiger partial charge < -0.3 is 5.11 Å². The molecule has 0 spiro atoms. The number of hydrogen-bond donors (Lipinski definition) is 2. The summed E-state index contributed by atoms with van der Waals surface area (Å²) in [6.07, 6.45) is 1.61. The molecular formula is C12H17ClN2O4S. The summed E-state index contributed by atoms with van der Waals surface area (Å²) < 4.78 is 27.6. The summed E-state index contributed by atoms with van der Waals surface area (Å²) in [4.78, 5) is 10.9. The SMILES string of the molecule is CCCCN(C)S(=O)(=O)Nc1cc(C(=O)O)ccc1Cl. The fraction of sp³-hybridized carbons (Fsp3) is 0.417. The van der Waals surface area contributed by atoms with Crippen molar-refractivity contribution in [1.82, 2.24) is 4.31 Å². The molecule has 1 aromatic carbocycles. The van der Waals surface area contributed by atoms with E-state index >= 15 is 0 Å². The van der Waals surface area contributed by atoms with Gasteiger partial charge in [0.25, 0.3) is 0 Å². The standard InChI is InChI=1S/C12H17ClN2O4S/c1-3-4-7-15(2)20(18,19)14-11-8-9(12(16)17)5-6-10(11)13/h5-6,8,14H,3-4,7H2,1-2H3,(H,16,17). The largest absolute Gasteiger partial charge is 0.478 e. The minimum absolute atomic E-state index is 0.0386. The highest BCUT2D eigenvalue weighted by Gasteiger charge is 2.19. The first-order chi connectivity index (χ1) is 9.27. The van der Waals surface area contributed by atoms with Crippen molar-refractivity contribution < 1.29 is 18.3 Å². The van der Waals surface area contributed by atoms with Gasteiger partial charge in [-0.1, -0.05) is 24.9 Å². The van der Waals surface area contributed by atoms with Gasteiger partial charge in [-0.25, -0.2) is 4.79 Å². The van der Waals surface area contributed by atoms with Crippen molar-refractivity contribution in [1.29, 1.82) is 0 Å². The van der Waals surface area contributed by atoms with Crippen molar-refractivity contribution in [3.8, 4) is 0 Å². The number of carbonyl (C=O) groups is 1. The molecule has 6 nitrogen and oxygen atoms in total. The van der Waals surface area contributed by atoms with Crippen molar-refractivity contribution in [3.05, 3.63) is 28.8 Å². The third-order valence-electron chi connectivity index (χ3n) is 2.69. The van der Waals surface area contributed by atoms with Gasteiger partial charge in [0.15, 0.2) is 0 Å². The number of anilines is 1. The van der Waals surface area contributed by atoms with Crippen molar-refractivity contribution in [2.45, 2.75) is 19.8 Å². The lowest BCUT2D eigenvalue weighted by Crippen LogP contribution is -2.33. The van der Waals surface area contributed by atoms with Crippen LogP contribution >= 0.6 is 11.6 Å². The van der Waals surface area contributed by atoms with Gasteiger partial charge in [-0.2, -0.15) is 12.7 Å². The van der Waals surface area contributed by atoms with Crippen LogP contribution in [0.4, 0.5) is 5.69 Å². The van der Waals surface area contributed by atoms with Crippen LogP contribution < -0.4 is 4.72 Å². The number of benzene rings is 1. The van der Waals surface area contributed by atoms with Crippen LogP contribution in [0.1, 0.15) is 30.1 Å². The summed E-state index contributed by atoms with van der Waals surface area (Å²) in [5.41, 5.74) is 0.0122. The molecule has 112 valence electrons. The molecule has 1 aromatic rings. The number of hydrogen-bond acceptors (Lipinski definition) is 3. The zero-order valence-electron chi connectivity index (χ0n) is 11.3. The third kappa shape index (κ3) is 4.36. The first kappa shape index (κ1) is 16.7. The minimum Gasteiger partial charge on any atom is -0.478 e. The van der Waals surface area contributed by atoms with Gasteiger partial charge in [-0.15, -0.1) is 0 Å². The highest BCUT2D eigenvalue weighted by molar-refractivity contribution is 7.90. The first-order valence-electron chi connectivity index (χ1n) is 6.05. The van der Waals surface area contributed by atoms with E-state index in [0.717, 1.165) is 12.8 Å². The summed E-state index contributed by atoms with van der Waals surface area (Å²) in [6.45, 7) is 2.34. The maximum Gasteiger partial charge on any atom is 0.335 e. The number of nitrogens with one attached hydrogen (secondary N) is 1. The molecule has 0 heterocycles. The smallest absolute Gasteiger partial charge is 0.335 e. The molecule has 0 aliphatic rings. The minimum atomic E-state index is -3.74. The van der Waals surface area contributed by atoms with Crippen LogP contribution in [0.15, 0.2) is 18.2 Å². The van der Waals surface area contributed by atoms with Crippen LogP contribution in [0.3, 0.4) is 0 Å². The van der Waals surface area contributed by atoms with Gasteiger partial charge in [0.2, 0.25) is 0 Å². The molecule has 0 unspecified atom stereocenters. The molecule has 0 fully saturated rings. The Morgan fingerprint density at radius 3 is 2.65 bits per heavy atom. The van der Waals surface area contributed by atoms with Gasteiger partial charge in [0, 0.05) is 13.6 Å². The quantitative estimate of drug-likeness (QED) is 0.807. The maximum absolute atomic E-state index is 12.0. The Morgan fingerprint density at radius 1 is 1.45 bits per heavy atom. The first-order valence-corrected chi connectivity index (χ1v) is 7.86. The molecule has 1 rings (SSSR count). The van der Waals surface area contributed by atoms with E-state index in [9.17, 15) is 13.2 Å². The van der Waals surface area contributed by atoms with E-state index in [4.69, 9.17) is 16.7 Å². The molecule has 0 aliphatic heterocycles. The molecule has 0 atom stereocenters. The number of unbranched alkanes of at least 4 members (excludes halogenated alkanes) is 1. The Kier molecular flexibility index (Phi) is 5.79. The summed E-state index contributed by atoms with van der Waals surface area (Å²) in [5.74, 6) is -1.15. The van der Waals surface area contributed by atoms with Crippen molar-refractivity contribution in [3.63, 3.8) is 0 Å². The fourth-order valence-electron chi connectivity index (χ4n) is 1.45. The summed E-state index contributed by atoms with van der Waals surface area (Å²) in [5, 5.41) is 9.03. The molecule has 8 heteroatoms. The number of halogens is 1. The predicted molar refractivity (Wildman–Crippen MR) is 78.5 cm³/mol. The Balaban J connectivity index is 2.97. The van der Waals surface area contributed by atoms with Gasteiger partial charge in [0.1, 0.15) is 0 Å². The second-order valence-electron chi connectivity index (χ2n) is 4.28. The zero-order chi connectivity index (χ0) is 15.3. The van der Waals surface area contributed by atoms with Crippen LogP contribution in [-0.4, -0.2) is 37.4 Å². The highest BCUT2D eigenvalue weighted by Crippen LogP contribution is 2.24. The molecule has 2 N–H and O–H groups in total. The lowest BCUT2D eigenvalue weighted by molar-refractivity contribution is 0.0697. The van der Waals surface area contributed by atoms with E-state index in [0.29, 0.717) is 6.54 Å². The van der Waals surface area contributed by atoms with Gasteiger partial charge in [-0.3, -0.25) is 4.72 Å². The second-order valence-corrected chi connectivity index (χ2v) is 6.47. The molecule has 0 aliphatic carbocycles. The Labute approximate surface area is 123 Å². The maximum atomic E-state index is 12.0. The molecule has 20 heavy (non-hydrogen) atoms. The Bertz CT molecular complexity index is 589. The number of nitrogens with zero attached hydrogens (tertiary/aromatic N) is 1. The van der Waals surface area contributed by atoms with Crippen LogP contribution in [0.5, 0.6) is 0 Å². The third-order valence-corrected chi connectivity index (χ3v) is 4.50. The van der Waals surface area contributed by atoms with Crippen molar-refractivity contribution in [2.24, 2.45) is 0 Å². The number of carboxylic acids is 1. The lowest BCUT2D eigenvalue weighted by Gasteiger charge is -2.18. The summed E-state index contributed by atoms with van der Waals surface area (Å²) in [7, 11) is -2.29. The topological polar surface area (TPSA) is 86.7 Å². The van der Waals surface area contributed by atoms with Crippen LogP contribution in [-0.2, 0) is 10.2 Å². The Hall–Kier alpha value is -1.31. The molecule has 0 amide bonds. The Morgan fingerprint density at radius 2 is 2.10 bits per heavy atom. The van der Waals surface area contributed by atoms with Gasteiger partial charge >= 0.3 is 16.2 Å². The zero-order valence-corrected chi connectivity index (χ0v) is 12.8. The van der Waals surface area contributed by atoms with E-state index in [2.05, 4.69) is 4.72 Å². The molecule has 0 radical (unpaired) electrons. The number of rotatable bonds is 7. The lowest BCUT2D eigenvalue weighted by atomic mass is 10.2. The summed E-state index contributed by atoms with van der Waals surface area (Å²) in [6, 6.07) is 3.84. The van der Waals surface area contributed by atoms with Crippen molar-refractivity contribution in [2.75, 3.05) is 18.3 Å². The van der Waals surface area contributed by atoms with Gasteiger partial charge in [-0.05, 0) is 24.6 Å². The van der Waals surface area contributed by atoms with Gasteiger partial charge in [0.05, 0.1) is 16.3 Å². The molecule has 0 aromatic heterocycles. The average molecular weight is 321 g/mol. The van der Waals surface area contributed by atoms with E-state index < -0.39 is 16.2 Å². The number of aromatic carboxylic acids is 1. The normalized spacial score (nSPS) is 11.6. The molecule has 0 saturated carbocycles. The van der Waals surface area contributed by atoms with E-state index in [1.165, 1.54) is 29.6 Å². The van der Waals surface area contributed by atoms with Crippen LogP contribution in [0, 0.1) is 0 Å². The van der Waals surface area contributed by atoms with Crippen molar-refractivity contribution >= 4 is 33.5 Å². The summed E-state index contributed by atoms with van der Waals surface area (Å²) >= 11 is 5.88.